The number of fused-ring (bicyclic) bond motifs is 1. The summed E-state index contributed by atoms with van der Waals surface area (Å²) in [5.41, 5.74) is -0.196. The molecule has 32 heavy (non-hydrogen) atoms. The zero-order chi connectivity index (χ0) is 22.9. The largest absolute Gasteiger partial charge is 0.508 e. The van der Waals surface area contributed by atoms with Gasteiger partial charge >= 0.3 is 5.97 Å². The normalized spacial score (nSPS) is 14.5. The van der Waals surface area contributed by atoms with Crippen LogP contribution in [0.2, 0.25) is 0 Å². The Hall–Kier alpha value is -4.18. The Morgan fingerprint density at radius 2 is 1.69 bits per heavy atom. The molecular formula is C22H17N3O6S. The van der Waals surface area contributed by atoms with E-state index in [1.54, 1.807) is 18.2 Å². The SMILES string of the molecule is CN1C(C(=O)Nc2ccccn2)=C(OC(=O)c2ccc(O)cc2)c2ccccc2S1(=O)=O. The smallest absolute Gasteiger partial charge is 0.343 e. The summed E-state index contributed by atoms with van der Waals surface area (Å²) in [6.07, 6.45) is 1.46. The van der Waals surface area contributed by atoms with Crippen molar-refractivity contribution in [1.82, 2.24) is 9.29 Å². The predicted octanol–water partition coefficient (Wildman–Crippen LogP) is 2.59. The number of phenolic OH excluding ortho intramolecular Hbond substituents is 1. The minimum Gasteiger partial charge on any atom is -0.508 e. The van der Waals surface area contributed by atoms with Crippen LogP contribution in [0.5, 0.6) is 5.75 Å². The molecule has 4 rings (SSSR count). The second kappa shape index (κ2) is 8.16. The zero-order valence-corrected chi connectivity index (χ0v) is 17.5. The monoisotopic (exact) mass is 451 g/mol. The molecule has 0 radical (unpaired) electrons. The van der Waals surface area contributed by atoms with Crippen LogP contribution in [0.25, 0.3) is 5.76 Å². The van der Waals surface area contributed by atoms with Gasteiger partial charge in [-0.1, -0.05) is 18.2 Å². The molecule has 2 aromatic carbocycles. The molecular weight excluding hydrogens is 434 g/mol. The number of hydrogen-bond acceptors (Lipinski definition) is 7. The van der Waals surface area contributed by atoms with Gasteiger partial charge < -0.3 is 15.2 Å². The molecule has 1 amide bonds. The van der Waals surface area contributed by atoms with Gasteiger partial charge in [0, 0.05) is 18.8 Å². The standard InChI is InChI=1S/C22H17N3O6S/c1-25-19(21(27)24-18-8-4-5-13-23-18)20(16-6-2-3-7-17(16)32(25,29)30)31-22(28)14-9-11-15(26)12-10-14/h2-13,26H,1H3,(H,23,24,27). The first kappa shape index (κ1) is 21.1. The third kappa shape index (κ3) is 3.79. The lowest BCUT2D eigenvalue weighted by Crippen LogP contribution is -2.38. The Morgan fingerprint density at radius 3 is 2.38 bits per heavy atom. The van der Waals surface area contributed by atoms with E-state index in [1.807, 2.05) is 0 Å². The number of sulfonamides is 1. The van der Waals surface area contributed by atoms with E-state index in [0.717, 1.165) is 4.31 Å². The third-order valence-electron chi connectivity index (χ3n) is 4.72. The van der Waals surface area contributed by atoms with Gasteiger partial charge in [-0.15, -0.1) is 0 Å². The number of nitrogens with one attached hydrogen (secondary N) is 1. The van der Waals surface area contributed by atoms with E-state index in [4.69, 9.17) is 4.74 Å². The molecule has 162 valence electrons. The summed E-state index contributed by atoms with van der Waals surface area (Å²) in [7, 11) is -2.87. The molecule has 0 unspecified atom stereocenters. The minimum atomic E-state index is -4.08. The molecule has 0 fully saturated rings. The number of hydrogen-bond donors (Lipinski definition) is 2. The van der Waals surface area contributed by atoms with Crippen LogP contribution in [0.3, 0.4) is 0 Å². The quantitative estimate of drug-likeness (QED) is 0.584. The Morgan fingerprint density at radius 1 is 1.00 bits per heavy atom. The molecule has 3 aromatic rings. The van der Waals surface area contributed by atoms with E-state index in [2.05, 4.69) is 10.3 Å². The Bertz CT molecular complexity index is 1340. The number of ether oxygens (including phenoxy) is 1. The number of esters is 1. The van der Waals surface area contributed by atoms with Gasteiger partial charge in [0.15, 0.2) is 11.5 Å². The van der Waals surface area contributed by atoms with Crippen molar-refractivity contribution in [3.63, 3.8) is 0 Å². The molecule has 2 N–H and O–H groups in total. The molecule has 0 saturated carbocycles. The van der Waals surface area contributed by atoms with Crippen LogP contribution < -0.4 is 5.32 Å². The van der Waals surface area contributed by atoms with Crippen molar-refractivity contribution in [2.75, 3.05) is 12.4 Å². The summed E-state index contributed by atoms with van der Waals surface area (Å²) in [6.45, 7) is 0. The van der Waals surface area contributed by atoms with Gasteiger partial charge in [-0.2, -0.15) is 0 Å². The number of rotatable bonds is 4. The predicted molar refractivity (Wildman–Crippen MR) is 115 cm³/mol. The number of likely N-dealkylation sites (N-methyl/N-ethyl adjacent to an activating group) is 1. The third-order valence-corrected chi connectivity index (χ3v) is 6.53. The molecule has 1 aliphatic rings. The number of pyridine rings is 1. The van der Waals surface area contributed by atoms with Crippen molar-refractivity contribution >= 4 is 33.5 Å². The van der Waals surface area contributed by atoms with Crippen molar-refractivity contribution < 1.29 is 27.9 Å². The molecule has 9 nitrogen and oxygen atoms in total. The summed E-state index contributed by atoms with van der Waals surface area (Å²) < 4.78 is 32.4. The molecule has 0 saturated heterocycles. The highest BCUT2D eigenvalue weighted by Crippen LogP contribution is 2.37. The molecule has 1 aliphatic heterocycles. The fourth-order valence-electron chi connectivity index (χ4n) is 3.13. The number of phenols is 1. The second-order valence-electron chi connectivity index (χ2n) is 6.75. The first-order valence-electron chi connectivity index (χ1n) is 9.35. The van der Waals surface area contributed by atoms with Crippen molar-refractivity contribution in [3.8, 4) is 5.75 Å². The average molecular weight is 451 g/mol. The number of amides is 1. The fourth-order valence-corrected chi connectivity index (χ4v) is 4.52. The van der Waals surface area contributed by atoms with Crippen molar-refractivity contribution in [2.24, 2.45) is 0 Å². The first-order chi connectivity index (χ1) is 15.3. The topological polar surface area (TPSA) is 126 Å². The summed E-state index contributed by atoms with van der Waals surface area (Å²) in [5.74, 6) is -1.71. The van der Waals surface area contributed by atoms with Gasteiger partial charge in [-0.05, 0) is 48.5 Å². The summed E-state index contributed by atoms with van der Waals surface area (Å²) in [5, 5.41) is 12.0. The summed E-state index contributed by atoms with van der Waals surface area (Å²) in [6, 6.07) is 16.1. The molecule has 0 bridgehead atoms. The van der Waals surface area contributed by atoms with Crippen LogP contribution in [-0.2, 0) is 19.6 Å². The number of carbonyl (C=O) groups is 2. The highest BCUT2D eigenvalue weighted by Gasteiger charge is 2.39. The molecule has 2 heterocycles. The van der Waals surface area contributed by atoms with Crippen LogP contribution in [-0.4, -0.2) is 41.7 Å². The van der Waals surface area contributed by atoms with Crippen molar-refractivity contribution in [3.05, 3.63) is 89.8 Å². The number of nitrogens with zero attached hydrogens (tertiary/aromatic N) is 2. The molecule has 0 spiro atoms. The maximum absolute atomic E-state index is 13.1. The van der Waals surface area contributed by atoms with E-state index < -0.39 is 21.9 Å². The molecule has 0 atom stereocenters. The first-order valence-corrected chi connectivity index (χ1v) is 10.8. The zero-order valence-electron chi connectivity index (χ0n) is 16.7. The van der Waals surface area contributed by atoms with Gasteiger partial charge in [0.1, 0.15) is 11.6 Å². The lowest BCUT2D eigenvalue weighted by molar-refractivity contribution is -0.113. The number of aromatic hydroxyl groups is 1. The summed E-state index contributed by atoms with van der Waals surface area (Å²) >= 11 is 0. The van der Waals surface area contributed by atoms with E-state index >= 15 is 0 Å². The van der Waals surface area contributed by atoms with Crippen LogP contribution >= 0.6 is 0 Å². The van der Waals surface area contributed by atoms with Gasteiger partial charge in [0.05, 0.1) is 10.5 Å². The van der Waals surface area contributed by atoms with Crippen LogP contribution in [0, 0.1) is 0 Å². The Kier molecular flexibility index (Phi) is 5.37. The van der Waals surface area contributed by atoms with Gasteiger partial charge in [-0.3, -0.25) is 9.10 Å². The number of aromatic nitrogens is 1. The van der Waals surface area contributed by atoms with E-state index in [-0.39, 0.29) is 39.0 Å². The minimum absolute atomic E-state index is 0.0370. The maximum Gasteiger partial charge on any atom is 0.343 e. The fraction of sp³-hybridized carbons (Fsp3) is 0.0455. The van der Waals surface area contributed by atoms with E-state index in [0.29, 0.717) is 0 Å². The van der Waals surface area contributed by atoms with E-state index in [1.165, 1.54) is 61.8 Å². The molecule has 10 heteroatoms. The van der Waals surface area contributed by atoms with Gasteiger partial charge in [-0.25, -0.2) is 18.2 Å². The van der Waals surface area contributed by atoms with Gasteiger partial charge in [0.2, 0.25) is 0 Å². The lowest BCUT2D eigenvalue weighted by atomic mass is 10.1. The second-order valence-corrected chi connectivity index (χ2v) is 8.69. The summed E-state index contributed by atoms with van der Waals surface area (Å²) in [4.78, 5) is 29.8. The average Bonchev–Trinajstić information content (AvgIpc) is 2.79. The highest BCUT2D eigenvalue weighted by atomic mass is 32.2. The van der Waals surface area contributed by atoms with Gasteiger partial charge in [0.25, 0.3) is 15.9 Å². The number of carbonyl (C=O) groups excluding carboxylic acids is 2. The van der Waals surface area contributed by atoms with Crippen LogP contribution in [0.1, 0.15) is 15.9 Å². The lowest BCUT2D eigenvalue weighted by Gasteiger charge is -2.30. The molecule has 1 aromatic heterocycles. The van der Waals surface area contributed by atoms with Crippen LogP contribution in [0.15, 0.2) is 83.5 Å². The Balaban J connectivity index is 1.84. The number of anilines is 1. The van der Waals surface area contributed by atoms with Crippen LogP contribution in [0.4, 0.5) is 5.82 Å². The van der Waals surface area contributed by atoms with E-state index in [9.17, 15) is 23.1 Å². The van der Waals surface area contributed by atoms with Crippen molar-refractivity contribution in [2.45, 2.75) is 4.90 Å². The van der Waals surface area contributed by atoms with Crippen molar-refractivity contribution in [1.29, 1.82) is 0 Å². The number of benzene rings is 2. The Labute approximate surface area is 183 Å². The molecule has 0 aliphatic carbocycles. The highest BCUT2D eigenvalue weighted by molar-refractivity contribution is 7.89. The maximum atomic E-state index is 13.1.